The average molecular weight is 454 g/mol. The maximum absolute atomic E-state index is 14.1. The molecule has 0 bridgehead atoms. The quantitative estimate of drug-likeness (QED) is 0.765. The lowest BCUT2D eigenvalue weighted by Crippen LogP contribution is -2.55. The summed E-state index contributed by atoms with van der Waals surface area (Å²) in [6.45, 7) is 5.54. The molecule has 7 nitrogen and oxygen atoms in total. The Kier molecular flexibility index (Phi) is 6.10. The first-order valence-electron chi connectivity index (χ1n) is 11.9. The van der Waals surface area contributed by atoms with E-state index in [1.165, 1.54) is 12.1 Å². The standard InChI is InChI=1S/C25H32FN5O2/c1-17-12-20(26)13-19-5-9-28-24(23(17)19)31(21-4-3-8-27-14-21)25(32)30-10-6-18(7-11-30)22-15-29(2)16-33-22/h5,9,12-13,15,18,21,27H,3-4,6-8,10-11,14,16H2,1-2H3/t21-/m1/s1. The van der Waals surface area contributed by atoms with E-state index in [-0.39, 0.29) is 17.9 Å². The van der Waals surface area contributed by atoms with E-state index in [1.54, 1.807) is 6.20 Å². The van der Waals surface area contributed by atoms with E-state index in [1.807, 2.05) is 34.7 Å². The number of piperidine rings is 2. The number of benzene rings is 1. The van der Waals surface area contributed by atoms with Crippen molar-refractivity contribution in [3.05, 3.63) is 47.7 Å². The topological polar surface area (TPSA) is 60.9 Å². The molecule has 1 aromatic heterocycles. The lowest BCUT2D eigenvalue weighted by molar-refractivity contribution is 0.123. The van der Waals surface area contributed by atoms with Gasteiger partial charge in [-0.25, -0.2) is 14.2 Å². The summed E-state index contributed by atoms with van der Waals surface area (Å²) in [4.78, 5) is 24.5. The van der Waals surface area contributed by atoms with E-state index in [0.717, 1.165) is 60.9 Å². The summed E-state index contributed by atoms with van der Waals surface area (Å²) in [6, 6.07) is 4.86. The minimum atomic E-state index is -0.273. The molecule has 3 aliphatic rings. The molecule has 2 amide bonds. The van der Waals surface area contributed by atoms with Crippen LogP contribution in [0.1, 0.15) is 31.2 Å². The van der Waals surface area contributed by atoms with Crippen LogP contribution in [-0.4, -0.2) is 66.8 Å². The van der Waals surface area contributed by atoms with Crippen LogP contribution in [0.3, 0.4) is 0 Å². The number of carbonyl (C=O) groups excluding carboxylic acids is 1. The van der Waals surface area contributed by atoms with Crippen LogP contribution in [0.5, 0.6) is 0 Å². The Hall–Kier alpha value is -2.87. The number of likely N-dealkylation sites (tertiary alicyclic amines) is 1. The van der Waals surface area contributed by atoms with Crippen LogP contribution in [0.2, 0.25) is 0 Å². The summed E-state index contributed by atoms with van der Waals surface area (Å²) < 4.78 is 19.9. The number of halogens is 1. The SMILES string of the molecule is Cc1cc(F)cc2ccnc(N(C(=O)N3CCC(C4=CN(C)CO4)CC3)[C@@H]3CCCNC3)c12. The highest BCUT2D eigenvalue weighted by atomic mass is 19.1. The van der Waals surface area contributed by atoms with Crippen LogP contribution in [-0.2, 0) is 4.74 Å². The van der Waals surface area contributed by atoms with Crippen molar-refractivity contribution >= 4 is 22.6 Å². The molecule has 0 aliphatic carbocycles. The van der Waals surface area contributed by atoms with Crippen molar-refractivity contribution in [1.82, 2.24) is 20.1 Å². The molecule has 176 valence electrons. The van der Waals surface area contributed by atoms with Gasteiger partial charge in [0.05, 0.1) is 6.04 Å². The molecule has 0 unspecified atom stereocenters. The molecule has 2 aromatic rings. The number of pyridine rings is 1. The summed E-state index contributed by atoms with van der Waals surface area (Å²) in [6.07, 6.45) is 7.45. The second-order valence-electron chi connectivity index (χ2n) is 9.43. The monoisotopic (exact) mass is 453 g/mol. The van der Waals surface area contributed by atoms with Crippen LogP contribution in [0.15, 0.2) is 36.4 Å². The summed E-state index contributed by atoms with van der Waals surface area (Å²) in [5.41, 5.74) is 0.794. The number of carbonyl (C=O) groups is 1. The van der Waals surface area contributed by atoms with Gasteiger partial charge in [-0.1, -0.05) is 0 Å². The van der Waals surface area contributed by atoms with Crippen molar-refractivity contribution in [3.63, 3.8) is 0 Å². The van der Waals surface area contributed by atoms with Gasteiger partial charge in [0.25, 0.3) is 0 Å². The predicted octanol–water partition coefficient (Wildman–Crippen LogP) is 3.83. The van der Waals surface area contributed by atoms with E-state index in [0.29, 0.717) is 31.6 Å². The molecular weight excluding hydrogens is 421 g/mol. The van der Waals surface area contributed by atoms with E-state index in [9.17, 15) is 9.18 Å². The Labute approximate surface area is 194 Å². The summed E-state index contributed by atoms with van der Waals surface area (Å²) >= 11 is 0. The third-order valence-corrected chi connectivity index (χ3v) is 7.03. The molecule has 2 saturated heterocycles. The number of fused-ring (bicyclic) bond motifs is 1. The minimum absolute atomic E-state index is 0.00990. The van der Waals surface area contributed by atoms with E-state index >= 15 is 0 Å². The zero-order valence-electron chi connectivity index (χ0n) is 19.4. The lowest BCUT2D eigenvalue weighted by Gasteiger charge is -2.40. The van der Waals surface area contributed by atoms with Gasteiger partial charge < -0.3 is 19.9 Å². The number of aryl methyl sites for hydroxylation is 1. The normalized spacial score (nSPS) is 21.8. The fraction of sp³-hybridized carbons (Fsp3) is 0.520. The Bertz CT molecular complexity index is 1060. The van der Waals surface area contributed by atoms with Crippen LogP contribution in [0, 0.1) is 18.7 Å². The molecule has 33 heavy (non-hydrogen) atoms. The molecule has 8 heteroatoms. The molecule has 1 atom stereocenters. The first-order chi connectivity index (χ1) is 16.0. The van der Waals surface area contributed by atoms with Gasteiger partial charge in [0.1, 0.15) is 17.4 Å². The van der Waals surface area contributed by atoms with Gasteiger partial charge in [0.2, 0.25) is 0 Å². The number of nitrogens with one attached hydrogen (secondary N) is 1. The van der Waals surface area contributed by atoms with Gasteiger partial charge >= 0.3 is 6.03 Å². The Balaban J connectivity index is 1.44. The molecule has 0 saturated carbocycles. The third kappa shape index (κ3) is 4.36. The van der Waals surface area contributed by atoms with Crippen molar-refractivity contribution in [2.75, 3.05) is 44.9 Å². The van der Waals surface area contributed by atoms with Crippen molar-refractivity contribution < 1.29 is 13.9 Å². The second kappa shape index (κ2) is 9.17. The van der Waals surface area contributed by atoms with Crippen molar-refractivity contribution in [2.45, 2.75) is 38.6 Å². The van der Waals surface area contributed by atoms with E-state index in [2.05, 4.69) is 16.5 Å². The third-order valence-electron chi connectivity index (χ3n) is 7.03. The number of urea groups is 1. The van der Waals surface area contributed by atoms with Crippen molar-refractivity contribution in [3.8, 4) is 0 Å². The van der Waals surface area contributed by atoms with Gasteiger partial charge in [-0.2, -0.15) is 0 Å². The zero-order valence-corrected chi connectivity index (χ0v) is 19.4. The van der Waals surface area contributed by atoms with Gasteiger partial charge in [-0.05, 0) is 68.3 Å². The number of aromatic nitrogens is 1. The van der Waals surface area contributed by atoms with Gasteiger partial charge in [0, 0.05) is 50.4 Å². The average Bonchev–Trinajstić information content (AvgIpc) is 3.26. The highest BCUT2D eigenvalue weighted by molar-refractivity contribution is 6.03. The Morgan fingerprint density at radius 2 is 2.09 bits per heavy atom. The molecule has 0 radical (unpaired) electrons. The van der Waals surface area contributed by atoms with Crippen LogP contribution in [0.25, 0.3) is 10.8 Å². The number of hydrogen-bond donors (Lipinski definition) is 1. The van der Waals surface area contributed by atoms with Gasteiger partial charge in [-0.15, -0.1) is 0 Å². The fourth-order valence-electron chi connectivity index (χ4n) is 5.31. The lowest BCUT2D eigenvalue weighted by atomic mass is 9.95. The highest BCUT2D eigenvalue weighted by Gasteiger charge is 2.35. The molecule has 2 fully saturated rings. The maximum Gasteiger partial charge on any atom is 0.325 e. The van der Waals surface area contributed by atoms with Gasteiger partial charge in [-0.3, -0.25) is 4.90 Å². The molecule has 1 N–H and O–H groups in total. The molecule has 4 heterocycles. The van der Waals surface area contributed by atoms with Crippen LogP contribution in [0.4, 0.5) is 15.0 Å². The molecular formula is C25H32FN5O2. The number of allylic oxidation sites excluding steroid dienone is 1. The second-order valence-corrected chi connectivity index (χ2v) is 9.43. The Morgan fingerprint density at radius 1 is 1.27 bits per heavy atom. The maximum atomic E-state index is 14.1. The van der Waals surface area contributed by atoms with E-state index < -0.39 is 0 Å². The number of amides is 2. The number of nitrogens with zero attached hydrogens (tertiary/aromatic N) is 4. The van der Waals surface area contributed by atoms with E-state index in [4.69, 9.17) is 4.74 Å². The molecule has 0 spiro atoms. The van der Waals surface area contributed by atoms with Crippen molar-refractivity contribution in [1.29, 1.82) is 0 Å². The number of ether oxygens (including phenoxy) is 1. The van der Waals surface area contributed by atoms with Crippen LogP contribution < -0.4 is 10.2 Å². The molecule has 3 aliphatic heterocycles. The van der Waals surface area contributed by atoms with Crippen LogP contribution >= 0.6 is 0 Å². The van der Waals surface area contributed by atoms with Gasteiger partial charge in [0.15, 0.2) is 6.73 Å². The molecule has 5 rings (SSSR count). The summed E-state index contributed by atoms with van der Waals surface area (Å²) in [5.74, 6) is 1.75. The zero-order chi connectivity index (χ0) is 22.9. The summed E-state index contributed by atoms with van der Waals surface area (Å²) in [7, 11) is 2.01. The number of anilines is 1. The predicted molar refractivity (Wildman–Crippen MR) is 126 cm³/mol. The highest BCUT2D eigenvalue weighted by Crippen LogP contribution is 2.34. The largest absolute Gasteiger partial charge is 0.476 e. The first kappa shape index (κ1) is 21.9. The fourth-order valence-corrected chi connectivity index (χ4v) is 5.31. The smallest absolute Gasteiger partial charge is 0.325 e. The number of rotatable bonds is 3. The minimum Gasteiger partial charge on any atom is -0.476 e. The molecule has 1 aromatic carbocycles. The van der Waals surface area contributed by atoms with Crippen molar-refractivity contribution in [2.24, 2.45) is 5.92 Å². The first-order valence-corrected chi connectivity index (χ1v) is 11.9. The summed E-state index contributed by atoms with van der Waals surface area (Å²) in [5, 5.41) is 5.05. The Morgan fingerprint density at radius 3 is 2.79 bits per heavy atom. The number of hydrogen-bond acceptors (Lipinski definition) is 5.